The molecule has 1 unspecified atom stereocenters. The Kier molecular flexibility index (Phi) is 6.09. The summed E-state index contributed by atoms with van der Waals surface area (Å²) in [6.07, 6.45) is 0.536. The van der Waals surface area contributed by atoms with Crippen LogP contribution in [-0.2, 0) is 17.8 Å². The van der Waals surface area contributed by atoms with Crippen LogP contribution in [0.1, 0.15) is 11.1 Å². The molecule has 1 amide bonds. The van der Waals surface area contributed by atoms with Crippen LogP contribution in [0.15, 0.2) is 48.5 Å². The van der Waals surface area contributed by atoms with Crippen LogP contribution in [0.3, 0.4) is 0 Å². The van der Waals surface area contributed by atoms with Crippen molar-refractivity contribution in [3.8, 4) is 0 Å². The second-order valence-corrected chi connectivity index (χ2v) is 6.49. The third kappa shape index (κ3) is 4.73. The van der Waals surface area contributed by atoms with Gasteiger partial charge in [0.05, 0.1) is 4.83 Å². The van der Waals surface area contributed by atoms with Gasteiger partial charge in [-0.2, -0.15) is 0 Å². The SMILES string of the molecule is O=C(NCc1ccccc1Cl)C(Br)Cc1ccccc1Cl. The molecule has 0 radical (unpaired) electrons. The molecule has 0 saturated carbocycles. The molecule has 5 heteroatoms. The molecule has 1 atom stereocenters. The van der Waals surface area contributed by atoms with Crippen molar-refractivity contribution in [3.05, 3.63) is 69.7 Å². The fraction of sp³-hybridized carbons (Fsp3) is 0.188. The Hall–Kier alpha value is -1.03. The molecule has 1 N–H and O–H groups in total. The van der Waals surface area contributed by atoms with Crippen LogP contribution in [0.25, 0.3) is 0 Å². The first-order chi connectivity index (χ1) is 10.1. The van der Waals surface area contributed by atoms with Gasteiger partial charge in [-0.25, -0.2) is 0 Å². The van der Waals surface area contributed by atoms with E-state index in [1.54, 1.807) is 6.07 Å². The van der Waals surface area contributed by atoms with Crippen LogP contribution in [0, 0.1) is 0 Å². The average Bonchev–Trinajstić information content (AvgIpc) is 2.48. The van der Waals surface area contributed by atoms with Crippen LogP contribution >= 0.6 is 39.1 Å². The number of nitrogens with one attached hydrogen (secondary N) is 1. The van der Waals surface area contributed by atoms with Crippen LogP contribution in [0.4, 0.5) is 0 Å². The van der Waals surface area contributed by atoms with Crippen molar-refractivity contribution in [3.63, 3.8) is 0 Å². The molecular formula is C16H14BrCl2NO. The van der Waals surface area contributed by atoms with Crippen molar-refractivity contribution in [1.29, 1.82) is 0 Å². The second-order valence-electron chi connectivity index (χ2n) is 4.57. The lowest BCUT2D eigenvalue weighted by Crippen LogP contribution is -2.32. The standard InChI is InChI=1S/C16H14BrCl2NO/c17-13(9-11-5-1-3-7-14(11)18)16(21)20-10-12-6-2-4-8-15(12)19/h1-8,13H,9-10H2,(H,20,21). The van der Waals surface area contributed by atoms with E-state index in [4.69, 9.17) is 23.2 Å². The molecule has 0 heterocycles. The molecule has 0 aliphatic rings. The molecule has 2 nitrogen and oxygen atoms in total. The van der Waals surface area contributed by atoms with E-state index in [0.29, 0.717) is 23.0 Å². The Morgan fingerprint density at radius 3 is 2.10 bits per heavy atom. The quantitative estimate of drug-likeness (QED) is 0.746. The van der Waals surface area contributed by atoms with Crippen molar-refractivity contribution in [2.45, 2.75) is 17.8 Å². The van der Waals surface area contributed by atoms with E-state index < -0.39 is 0 Å². The van der Waals surface area contributed by atoms with Gasteiger partial charge >= 0.3 is 0 Å². The van der Waals surface area contributed by atoms with Crippen LogP contribution < -0.4 is 5.32 Å². The highest BCUT2D eigenvalue weighted by atomic mass is 79.9. The first kappa shape index (κ1) is 16.3. The van der Waals surface area contributed by atoms with Gasteiger partial charge in [0.15, 0.2) is 0 Å². The molecule has 21 heavy (non-hydrogen) atoms. The minimum atomic E-state index is -0.333. The van der Waals surface area contributed by atoms with E-state index in [-0.39, 0.29) is 10.7 Å². The molecule has 0 bridgehead atoms. The van der Waals surface area contributed by atoms with E-state index in [9.17, 15) is 4.79 Å². The van der Waals surface area contributed by atoms with Gasteiger partial charge in [0.1, 0.15) is 0 Å². The van der Waals surface area contributed by atoms with Crippen LogP contribution in [-0.4, -0.2) is 10.7 Å². The summed E-state index contributed by atoms with van der Waals surface area (Å²) in [7, 11) is 0. The summed E-state index contributed by atoms with van der Waals surface area (Å²) < 4.78 is 0. The van der Waals surface area contributed by atoms with E-state index in [1.165, 1.54) is 0 Å². The summed E-state index contributed by atoms with van der Waals surface area (Å²) in [5.41, 5.74) is 1.83. The predicted molar refractivity (Wildman–Crippen MR) is 91.2 cm³/mol. The van der Waals surface area contributed by atoms with Gasteiger partial charge in [0, 0.05) is 16.6 Å². The molecular weight excluding hydrogens is 373 g/mol. The fourth-order valence-corrected chi connectivity index (χ4v) is 2.81. The third-order valence-electron chi connectivity index (χ3n) is 3.05. The molecule has 0 aliphatic carbocycles. The Balaban J connectivity index is 1.91. The van der Waals surface area contributed by atoms with E-state index in [1.807, 2.05) is 42.5 Å². The van der Waals surface area contributed by atoms with Gasteiger partial charge < -0.3 is 5.32 Å². The number of amides is 1. The number of carbonyl (C=O) groups excluding carboxylic acids is 1. The molecule has 0 saturated heterocycles. The first-order valence-electron chi connectivity index (χ1n) is 6.46. The summed E-state index contributed by atoms with van der Waals surface area (Å²) in [5.74, 6) is -0.0881. The Bertz CT molecular complexity index is 633. The Labute approximate surface area is 142 Å². The van der Waals surface area contributed by atoms with E-state index >= 15 is 0 Å². The molecule has 0 aliphatic heterocycles. The first-order valence-corrected chi connectivity index (χ1v) is 8.13. The van der Waals surface area contributed by atoms with Crippen LogP contribution in [0.2, 0.25) is 10.0 Å². The van der Waals surface area contributed by atoms with E-state index in [2.05, 4.69) is 21.2 Å². The number of hydrogen-bond acceptors (Lipinski definition) is 1. The number of alkyl halides is 1. The molecule has 0 fully saturated rings. The number of halogens is 3. The minimum Gasteiger partial charge on any atom is -0.351 e. The lowest BCUT2D eigenvalue weighted by Gasteiger charge is -2.12. The fourth-order valence-electron chi connectivity index (χ4n) is 1.88. The van der Waals surface area contributed by atoms with Crippen molar-refractivity contribution < 1.29 is 4.79 Å². The van der Waals surface area contributed by atoms with Crippen molar-refractivity contribution in [1.82, 2.24) is 5.32 Å². The number of benzene rings is 2. The maximum Gasteiger partial charge on any atom is 0.234 e. The van der Waals surface area contributed by atoms with E-state index in [0.717, 1.165) is 11.1 Å². The molecule has 0 aromatic heterocycles. The zero-order chi connectivity index (χ0) is 15.2. The van der Waals surface area contributed by atoms with Gasteiger partial charge in [-0.3, -0.25) is 4.79 Å². The average molecular weight is 387 g/mol. The van der Waals surface area contributed by atoms with Crippen molar-refractivity contribution in [2.75, 3.05) is 0 Å². The molecule has 110 valence electrons. The van der Waals surface area contributed by atoms with Crippen molar-refractivity contribution in [2.24, 2.45) is 0 Å². The summed E-state index contributed by atoms with van der Waals surface area (Å²) in [5, 5.41) is 4.18. The van der Waals surface area contributed by atoms with Gasteiger partial charge in [-0.15, -0.1) is 0 Å². The molecule has 2 rings (SSSR count). The minimum absolute atomic E-state index is 0.0881. The van der Waals surface area contributed by atoms with Gasteiger partial charge in [-0.1, -0.05) is 75.5 Å². The normalized spacial score (nSPS) is 12.0. The summed E-state index contributed by atoms with van der Waals surface area (Å²) >= 11 is 15.6. The highest BCUT2D eigenvalue weighted by molar-refractivity contribution is 9.10. The summed E-state index contributed by atoms with van der Waals surface area (Å²) in [6.45, 7) is 0.406. The largest absolute Gasteiger partial charge is 0.351 e. The smallest absolute Gasteiger partial charge is 0.234 e. The zero-order valence-electron chi connectivity index (χ0n) is 11.2. The van der Waals surface area contributed by atoms with Crippen molar-refractivity contribution >= 4 is 45.0 Å². The lowest BCUT2D eigenvalue weighted by atomic mass is 10.1. The maximum absolute atomic E-state index is 12.1. The Morgan fingerprint density at radius 1 is 1.00 bits per heavy atom. The lowest BCUT2D eigenvalue weighted by molar-refractivity contribution is -0.120. The van der Waals surface area contributed by atoms with Gasteiger partial charge in [0.25, 0.3) is 0 Å². The highest BCUT2D eigenvalue weighted by Crippen LogP contribution is 2.20. The maximum atomic E-state index is 12.1. The second kappa shape index (κ2) is 7.83. The monoisotopic (exact) mass is 385 g/mol. The molecule has 0 spiro atoms. The predicted octanol–water partition coefficient (Wildman–Crippen LogP) is 4.62. The molecule has 2 aromatic rings. The topological polar surface area (TPSA) is 29.1 Å². The molecule has 2 aromatic carbocycles. The number of rotatable bonds is 5. The van der Waals surface area contributed by atoms with Gasteiger partial charge in [-0.05, 0) is 29.7 Å². The van der Waals surface area contributed by atoms with Crippen LogP contribution in [0.5, 0.6) is 0 Å². The zero-order valence-corrected chi connectivity index (χ0v) is 14.3. The Morgan fingerprint density at radius 2 is 1.52 bits per heavy atom. The highest BCUT2D eigenvalue weighted by Gasteiger charge is 2.16. The third-order valence-corrected chi connectivity index (χ3v) is 4.53. The van der Waals surface area contributed by atoms with Gasteiger partial charge in [0.2, 0.25) is 5.91 Å². The summed E-state index contributed by atoms with van der Waals surface area (Å²) in [4.78, 5) is 11.8. The number of carbonyl (C=O) groups is 1. The summed E-state index contributed by atoms with van der Waals surface area (Å²) in [6, 6.07) is 14.9. The number of hydrogen-bond donors (Lipinski definition) is 1.